The van der Waals surface area contributed by atoms with Crippen molar-refractivity contribution in [2.45, 2.75) is 25.8 Å². The summed E-state index contributed by atoms with van der Waals surface area (Å²) in [5.41, 5.74) is 8.98. The molecule has 1 atom stereocenters. The molecule has 0 radical (unpaired) electrons. The van der Waals surface area contributed by atoms with Crippen LogP contribution in [0.2, 0.25) is 0 Å². The van der Waals surface area contributed by atoms with Gasteiger partial charge in [0.2, 0.25) is 0 Å². The Bertz CT molecular complexity index is 699. The maximum atomic E-state index is 12.5. The van der Waals surface area contributed by atoms with Gasteiger partial charge in [-0.3, -0.25) is 4.79 Å². The molecule has 26 heavy (non-hydrogen) atoms. The maximum absolute atomic E-state index is 12.5. The highest BCUT2D eigenvalue weighted by Crippen LogP contribution is 2.19. The van der Waals surface area contributed by atoms with Crippen molar-refractivity contribution in [1.29, 1.82) is 0 Å². The summed E-state index contributed by atoms with van der Waals surface area (Å²) in [5.74, 6) is 0.818. The molecule has 1 amide bonds. The number of amides is 1. The molecule has 0 aliphatic rings. The molecule has 0 spiro atoms. The van der Waals surface area contributed by atoms with E-state index < -0.39 is 0 Å². The number of carbonyl (C=O) groups excluding carboxylic acids is 1. The van der Waals surface area contributed by atoms with Crippen LogP contribution in [0.5, 0.6) is 5.75 Å². The molecule has 0 aromatic heterocycles. The Kier molecular flexibility index (Phi) is 7.63. The number of para-hydroxylation sites is 1. The molecular formula is C21H28N2O3. The maximum Gasteiger partial charge on any atom is 0.255 e. The van der Waals surface area contributed by atoms with Crippen LogP contribution in [0, 0.1) is 0 Å². The highest BCUT2D eigenvalue weighted by molar-refractivity contribution is 5.96. The minimum Gasteiger partial charge on any atom is -0.490 e. The highest BCUT2D eigenvalue weighted by atomic mass is 16.5. The zero-order valence-electron chi connectivity index (χ0n) is 15.7. The molecule has 0 saturated heterocycles. The van der Waals surface area contributed by atoms with Gasteiger partial charge >= 0.3 is 0 Å². The molecule has 1 unspecified atom stereocenters. The molecule has 0 saturated carbocycles. The van der Waals surface area contributed by atoms with E-state index in [4.69, 9.17) is 15.2 Å². The Morgan fingerprint density at radius 1 is 1.04 bits per heavy atom. The molecule has 0 aliphatic heterocycles. The van der Waals surface area contributed by atoms with E-state index in [9.17, 15) is 4.79 Å². The fourth-order valence-electron chi connectivity index (χ4n) is 2.56. The molecule has 2 rings (SSSR count). The Labute approximate surface area is 155 Å². The summed E-state index contributed by atoms with van der Waals surface area (Å²) >= 11 is 0. The molecule has 3 N–H and O–H groups in total. The zero-order chi connectivity index (χ0) is 18.9. The summed E-state index contributed by atoms with van der Waals surface area (Å²) in [7, 11) is 1.61. The van der Waals surface area contributed by atoms with Gasteiger partial charge in [-0.25, -0.2) is 0 Å². The Morgan fingerprint density at radius 3 is 2.35 bits per heavy atom. The molecule has 140 valence electrons. The number of nitrogens with one attached hydrogen (secondary N) is 1. The number of nitrogens with two attached hydrogens (primary N) is 1. The monoisotopic (exact) mass is 356 g/mol. The van der Waals surface area contributed by atoms with Crippen LogP contribution < -0.4 is 15.8 Å². The van der Waals surface area contributed by atoms with Crippen molar-refractivity contribution >= 4 is 5.91 Å². The molecule has 0 bridgehead atoms. The standard InChI is InChI=1S/C21H28N2O3/c1-15(2)16-8-10-17(11-9-16)19(22)14-23-21(24)18-6-4-5-7-20(18)26-13-12-25-3/h4-11,15,19H,12-14,22H2,1-3H3,(H,23,24). The van der Waals surface area contributed by atoms with Gasteiger partial charge in [-0.05, 0) is 29.2 Å². The normalized spacial score (nSPS) is 12.0. The van der Waals surface area contributed by atoms with Crippen LogP contribution in [0.4, 0.5) is 0 Å². The van der Waals surface area contributed by atoms with Gasteiger partial charge in [0, 0.05) is 19.7 Å². The predicted octanol–water partition coefficient (Wildman–Crippen LogP) is 3.27. The van der Waals surface area contributed by atoms with Crippen molar-refractivity contribution in [3.8, 4) is 5.75 Å². The minimum absolute atomic E-state index is 0.202. The quantitative estimate of drug-likeness (QED) is 0.676. The number of ether oxygens (including phenoxy) is 2. The second-order valence-electron chi connectivity index (χ2n) is 6.48. The molecule has 2 aromatic carbocycles. The van der Waals surface area contributed by atoms with Crippen LogP contribution in [-0.2, 0) is 4.74 Å². The van der Waals surface area contributed by atoms with E-state index in [1.165, 1.54) is 5.56 Å². The number of methoxy groups -OCH3 is 1. The number of hydrogen-bond acceptors (Lipinski definition) is 4. The van der Waals surface area contributed by atoms with Crippen molar-refractivity contribution in [1.82, 2.24) is 5.32 Å². The largest absolute Gasteiger partial charge is 0.490 e. The third-order valence-electron chi connectivity index (χ3n) is 4.19. The van der Waals surface area contributed by atoms with Crippen LogP contribution in [-0.4, -0.2) is 32.8 Å². The lowest BCUT2D eigenvalue weighted by Crippen LogP contribution is -2.32. The van der Waals surface area contributed by atoms with Crippen molar-refractivity contribution in [2.75, 3.05) is 26.9 Å². The average Bonchev–Trinajstić information content (AvgIpc) is 2.66. The van der Waals surface area contributed by atoms with Gasteiger partial charge in [0.05, 0.1) is 12.2 Å². The van der Waals surface area contributed by atoms with Gasteiger partial charge in [0.15, 0.2) is 0 Å². The first-order valence-electron chi connectivity index (χ1n) is 8.87. The number of hydrogen-bond donors (Lipinski definition) is 2. The van der Waals surface area contributed by atoms with E-state index in [-0.39, 0.29) is 11.9 Å². The SMILES string of the molecule is COCCOc1ccccc1C(=O)NCC(N)c1ccc(C(C)C)cc1. The van der Waals surface area contributed by atoms with E-state index in [1.54, 1.807) is 19.2 Å². The number of carbonyl (C=O) groups is 1. The molecule has 2 aromatic rings. The molecule has 0 fully saturated rings. The van der Waals surface area contributed by atoms with Gasteiger partial charge in [0.1, 0.15) is 12.4 Å². The van der Waals surface area contributed by atoms with Crippen LogP contribution in [0.3, 0.4) is 0 Å². The van der Waals surface area contributed by atoms with E-state index in [0.29, 0.717) is 37.0 Å². The summed E-state index contributed by atoms with van der Waals surface area (Å²) in [6, 6.07) is 15.1. The topological polar surface area (TPSA) is 73.6 Å². The van der Waals surface area contributed by atoms with Gasteiger partial charge < -0.3 is 20.5 Å². The molecule has 0 heterocycles. The second kappa shape index (κ2) is 9.94. The van der Waals surface area contributed by atoms with Gasteiger partial charge in [-0.1, -0.05) is 50.2 Å². The van der Waals surface area contributed by atoms with Crippen LogP contribution >= 0.6 is 0 Å². The molecular weight excluding hydrogens is 328 g/mol. The van der Waals surface area contributed by atoms with E-state index in [1.807, 2.05) is 24.3 Å². The average molecular weight is 356 g/mol. The van der Waals surface area contributed by atoms with Crippen LogP contribution in [0.15, 0.2) is 48.5 Å². The van der Waals surface area contributed by atoms with Crippen LogP contribution in [0.25, 0.3) is 0 Å². The highest BCUT2D eigenvalue weighted by Gasteiger charge is 2.14. The lowest BCUT2D eigenvalue weighted by Gasteiger charge is -2.16. The Hall–Kier alpha value is -2.37. The number of rotatable bonds is 9. The fraction of sp³-hybridized carbons (Fsp3) is 0.381. The molecule has 5 nitrogen and oxygen atoms in total. The number of benzene rings is 2. The first-order chi connectivity index (χ1) is 12.5. The summed E-state index contributed by atoms with van der Waals surface area (Å²) in [4.78, 5) is 12.5. The van der Waals surface area contributed by atoms with Crippen molar-refractivity contribution in [3.05, 3.63) is 65.2 Å². The predicted molar refractivity (Wildman–Crippen MR) is 104 cm³/mol. The summed E-state index contributed by atoms with van der Waals surface area (Å²) < 4.78 is 10.6. The van der Waals surface area contributed by atoms with Crippen molar-refractivity contribution in [2.24, 2.45) is 5.73 Å². The van der Waals surface area contributed by atoms with Gasteiger partial charge in [0.25, 0.3) is 5.91 Å². The van der Waals surface area contributed by atoms with Crippen molar-refractivity contribution < 1.29 is 14.3 Å². The summed E-state index contributed by atoms with van der Waals surface area (Å²) in [6.07, 6.45) is 0. The third-order valence-corrected chi connectivity index (χ3v) is 4.19. The lowest BCUT2D eigenvalue weighted by atomic mass is 9.99. The Balaban J connectivity index is 1.95. The fourth-order valence-corrected chi connectivity index (χ4v) is 2.56. The molecule has 5 heteroatoms. The van der Waals surface area contributed by atoms with E-state index in [2.05, 4.69) is 31.3 Å². The van der Waals surface area contributed by atoms with E-state index in [0.717, 1.165) is 5.56 Å². The smallest absolute Gasteiger partial charge is 0.255 e. The minimum atomic E-state index is -0.262. The lowest BCUT2D eigenvalue weighted by molar-refractivity contribution is 0.0943. The summed E-state index contributed by atoms with van der Waals surface area (Å²) in [6.45, 7) is 5.52. The third kappa shape index (κ3) is 5.58. The van der Waals surface area contributed by atoms with Crippen molar-refractivity contribution in [3.63, 3.8) is 0 Å². The van der Waals surface area contributed by atoms with Gasteiger partial charge in [-0.15, -0.1) is 0 Å². The second-order valence-corrected chi connectivity index (χ2v) is 6.48. The summed E-state index contributed by atoms with van der Waals surface area (Å²) in [5, 5.41) is 2.89. The first kappa shape index (κ1) is 19.9. The first-order valence-corrected chi connectivity index (χ1v) is 8.87. The van der Waals surface area contributed by atoms with Gasteiger partial charge in [-0.2, -0.15) is 0 Å². The Morgan fingerprint density at radius 2 is 1.69 bits per heavy atom. The zero-order valence-corrected chi connectivity index (χ0v) is 15.7. The van der Waals surface area contributed by atoms with Crippen LogP contribution in [0.1, 0.15) is 47.3 Å². The van der Waals surface area contributed by atoms with E-state index >= 15 is 0 Å². The molecule has 0 aliphatic carbocycles.